The number of carbonyl (C=O) groups is 1. The van der Waals surface area contributed by atoms with E-state index in [1.54, 1.807) is 29.4 Å². The Morgan fingerprint density at radius 3 is 2.88 bits per heavy atom. The smallest absolute Gasteiger partial charge is 0.215 e. The molecule has 3 aromatic heterocycles. The third kappa shape index (κ3) is 2.32. The number of nitrogens with two attached hydrogens (primary N) is 1. The van der Waals surface area contributed by atoms with Gasteiger partial charge in [0.2, 0.25) is 7.85 Å². The van der Waals surface area contributed by atoms with Crippen molar-refractivity contribution in [3.8, 4) is 11.1 Å². The fourth-order valence-corrected chi connectivity index (χ4v) is 3.27. The van der Waals surface area contributed by atoms with E-state index in [4.69, 9.17) is 10.7 Å². The van der Waals surface area contributed by atoms with Crippen LogP contribution in [0.4, 0.5) is 10.6 Å². The van der Waals surface area contributed by atoms with E-state index in [2.05, 4.69) is 10.2 Å². The molecule has 4 heterocycles. The summed E-state index contributed by atoms with van der Waals surface area (Å²) in [5.41, 5.74) is 9.66. The van der Waals surface area contributed by atoms with Crippen molar-refractivity contribution < 1.29 is 4.79 Å². The van der Waals surface area contributed by atoms with E-state index in [1.165, 1.54) is 0 Å². The van der Waals surface area contributed by atoms with Gasteiger partial charge in [0.1, 0.15) is 5.82 Å². The van der Waals surface area contributed by atoms with Gasteiger partial charge in [-0.1, -0.05) is 0 Å². The molecule has 122 valence electrons. The van der Waals surface area contributed by atoms with Crippen molar-refractivity contribution in [3.63, 3.8) is 0 Å². The molecule has 1 unspecified atom stereocenters. The fraction of sp³-hybridized carbons (Fsp3) is 0.333. The van der Waals surface area contributed by atoms with Crippen LogP contribution < -0.4 is 5.73 Å². The number of carbonyl (C=O) groups excluding carboxylic acids is 1. The first-order valence-electron chi connectivity index (χ1n) is 7.91. The van der Waals surface area contributed by atoms with Crippen molar-refractivity contribution in [2.24, 2.45) is 7.05 Å². The van der Waals surface area contributed by atoms with Crippen LogP contribution in [-0.2, 0) is 7.05 Å². The van der Waals surface area contributed by atoms with E-state index >= 15 is 0 Å². The zero-order valence-electron chi connectivity index (χ0n) is 13.7. The molecule has 0 spiro atoms. The van der Waals surface area contributed by atoms with E-state index in [1.807, 2.05) is 24.2 Å². The topological polar surface area (TPSA) is 94.3 Å². The van der Waals surface area contributed by atoms with E-state index in [-0.39, 0.29) is 11.7 Å². The first-order chi connectivity index (χ1) is 11.5. The van der Waals surface area contributed by atoms with E-state index in [0.717, 1.165) is 35.4 Å². The van der Waals surface area contributed by atoms with Gasteiger partial charge in [-0.25, -0.2) is 4.98 Å². The molecule has 0 aliphatic carbocycles. The van der Waals surface area contributed by atoms with Crippen molar-refractivity contribution >= 4 is 25.1 Å². The maximum Gasteiger partial charge on any atom is 0.215 e. The Bertz CT molecular complexity index is 931. The molecule has 1 fully saturated rings. The largest absolute Gasteiger partial charge is 0.384 e. The quantitative estimate of drug-likeness (QED) is 0.683. The van der Waals surface area contributed by atoms with E-state index < -0.39 is 0 Å². The molecule has 4 rings (SSSR count). The van der Waals surface area contributed by atoms with Gasteiger partial charge in [-0.2, -0.15) is 14.7 Å². The molecule has 0 radical (unpaired) electrons. The lowest BCUT2D eigenvalue weighted by Gasteiger charge is -2.14. The highest BCUT2D eigenvalue weighted by atomic mass is 16.1. The Balaban J connectivity index is 1.77. The minimum absolute atomic E-state index is 0.104. The summed E-state index contributed by atoms with van der Waals surface area (Å²) in [6.45, 7) is 1.45. The molecule has 9 heteroatoms. The monoisotopic (exact) mass is 323 g/mol. The summed E-state index contributed by atoms with van der Waals surface area (Å²) in [6, 6.07) is 1.86. The highest BCUT2D eigenvalue weighted by molar-refractivity contribution is 6.56. The molecule has 3 aromatic rings. The Morgan fingerprint density at radius 2 is 2.21 bits per heavy atom. The lowest BCUT2D eigenvalue weighted by Crippen LogP contribution is -2.27. The van der Waals surface area contributed by atoms with Gasteiger partial charge in [-0.15, -0.1) is 0 Å². The van der Waals surface area contributed by atoms with Crippen LogP contribution in [0, 0.1) is 0 Å². The number of nitrogen functional groups attached to an aromatic ring is 1. The second-order valence-electron chi connectivity index (χ2n) is 6.25. The normalized spacial score (nSPS) is 17.7. The summed E-state index contributed by atoms with van der Waals surface area (Å²) in [6.07, 6.45) is 6.37. The summed E-state index contributed by atoms with van der Waals surface area (Å²) in [5, 5.41) is 8.55. The van der Waals surface area contributed by atoms with Crippen molar-refractivity contribution in [1.82, 2.24) is 29.3 Å². The second kappa shape index (κ2) is 5.36. The lowest BCUT2D eigenvalue weighted by molar-refractivity contribution is 0.231. The highest BCUT2D eigenvalue weighted by Gasteiger charge is 2.27. The van der Waals surface area contributed by atoms with Gasteiger partial charge in [0.25, 0.3) is 0 Å². The summed E-state index contributed by atoms with van der Waals surface area (Å²) in [4.78, 5) is 18.2. The van der Waals surface area contributed by atoms with Crippen LogP contribution in [0.2, 0.25) is 0 Å². The number of aromatic nitrogens is 5. The van der Waals surface area contributed by atoms with Gasteiger partial charge < -0.3 is 10.6 Å². The fourth-order valence-electron chi connectivity index (χ4n) is 3.27. The van der Waals surface area contributed by atoms with Crippen molar-refractivity contribution in [1.29, 1.82) is 0 Å². The minimum Gasteiger partial charge on any atom is -0.384 e. The summed E-state index contributed by atoms with van der Waals surface area (Å²) in [5.74, 6) is 0.858. The predicted molar refractivity (Wildman–Crippen MR) is 92.5 cm³/mol. The number of aryl methyl sites for hydroxylation is 1. The molecule has 1 aliphatic heterocycles. The van der Waals surface area contributed by atoms with Crippen LogP contribution >= 0.6 is 0 Å². The zero-order valence-corrected chi connectivity index (χ0v) is 13.7. The molecule has 2 N–H and O–H groups in total. The van der Waals surface area contributed by atoms with Gasteiger partial charge in [0.05, 0.1) is 18.1 Å². The zero-order chi connectivity index (χ0) is 16.8. The summed E-state index contributed by atoms with van der Waals surface area (Å²) < 4.78 is 3.39. The van der Waals surface area contributed by atoms with Crippen molar-refractivity contribution in [2.75, 3.05) is 18.8 Å². The average molecular weight is 323 g/mol. The predicted octanol–water partition coefficient (Wildman–Crippen LogP) is 0.254. The molecule has 1 amide bonds. The number of likely N-dealkylation sites (tertiary alicyclic amines) is 1. The van der Waals surface area contributed by atoms with E-state index in [0.29, 0.717) is 12.4 Å². The molecular weight excluding hydrogens is 305 g/mol. The van der Waals surface area contributed by atoms with Crippen LogP contribution in [-0.4, -0.2) is 56.0 Å². The van der Waals surface area contributed by atoms with Crippen molar-refractivity contribution in [3.05, 3.63) is 30.4 Å². The van der Waals surface area contributed by atoms with Crippen LogP contribution in [0.1, 0.15) is 18.0 Å². The van der Waals surface area contributed by atoms with Gasteiger partial charge >= 0.3 is 0 Å². The third-order valence-corrected chi connectivity index (χ3v) is 4.59. The SMILES string of the molecule is BC(=O)N1CCC(c2cc(N)n3ncc(-c4cnn(C)c4)c3n2)C1. The van der Waals surface area contributed by atoms with Crippen LogP contribution in [0.3, 0.4) is 0 Å². The Morgan fingerprint density at radius 1 is 1.38 bits per heavy atom. The average Bonchev–Trinajstić information content (AvgIpc) is 3.24. The molecule has 1 aliphatic rings. The summed E-state index contributed by atoms with van der Waals surface area (Å²) >= 11 is 0. The summed E-state index contributed by atoms with van der Waals surface area (Å²) in [7, 11) is 3.47. The number of amides is 1. The first kappa shape index (κ1) is 14.7. The number of hydrogen-bond acceptors (Lipinski definition) is 5. The molecular formula is C15H18BN7O. The molecule has 0 saturated carbocycles. The van der Waals surface area contributed by atoms with Gasteiger partial charge in [-0.3, -0.25) is 9.48 Å². The third-order valence-electron chi connectivity index (χ3n) is 4.59. The molecule has 1 saturated heterocycles. The standard InChI is InChI=1S/C15H18BN7O/c1-21-7-10(5-18-21)11-6-19-23-13(17)4-12(20-14(11)23)9-2-3-22(8-9)15(16)24/h4-7,9H,2-3,8,16-17H2,1H3. The molecule has 0 aromatic carbocycles. The Hall–Kier alpha value is -2.84. The number of rotatable bonds is 2. The van der Waals surface area contributed by atoms with Gasteiger partial charge in [-0.05, 0) is 6.42 Å². The first-order valence-corrected chi connectivity index (χ1v) is 7.91. The maximum absolute atomic E-state index is 11.6. The number of nitrogens with zero attached hydrogens (tertiary/aromatic N) is 6. The van der Waals surface area contributed by atoms with Gasteiger partial charge in [0, 0.05) is 49.4 Å². The Kier molecular flexibility index (Phi) is 3.29. The van der Waals surface area contributed by atoms with Crippen molar-refractivity contribution in [2.45, 2.75) is 12.3 Å². The molecule has 8 nitrogen and oxygen atoms in total. The highest BCUT2D eigenvalue weighted by Crippen LogP contribution is 2.30. The molecule has 1 atom stereocenters. The second-order valence-corrected chi connectivity index (χ2v) is 6.25. The molecule has 0 bridgehead atoms. The maximum atomic E-state index is 11.6. The number of anilines is 1. The molecule has 24 heavy (non-hydrogen) atoms. The number of hydrogen-bond donors (Lipinski definition) is 1. The van der Waals surface area contributed by atoms with Crippen LogP contribution in [0.15, 0.2) is 24.7 Å². The van der Waals surface area contributed by atoms with Crippen LogP contribution in [0.25, 0.3) is 16.8 Å². The number of fused-ring (bicyclic) bond motifs is 1. The van der Waals surface area contributed by atoms with E-state index in [9.17, 15) is 4.79 Å². The Labute approximate surface area is 139 Å². The lowest BCUT2D eigenvalue weighted by atomic mass is 10.0. The van der Waals surface area contributed by atoms with Crippen LogP contribution in [0.5, 0.6) is 0 Å². The minimum atomic E-state index is 0.104. The van der Waals surface area contributed by atoms with Gasteiger partial charge in [0.15, 0.2) is 11.5 Å².